The molecule has 0 saturated heterocycles. The summed E-state index contributed by atoms with van der Waals surface area (Å²) in [4.78, 5) is 22.2. The molecule has 86 valence electrons. The fourth-order valence-corrected chi connectivity index (χ4v) is 2.26. The zero-order chi connectivity index (χ0) is 11.5. The Kier molecular flexibility index (Phi) is 3.72. The summed E-state index contributed by atoms with van der Waals surface area (Å²) < 4.78 is 0. The van der Waals surface area contributed by atoms with Crippen LogP contribution in [-0.4, -0.2) is 17.0 Å². The van der Waals surface area contributed by atoms with Gasteiger partial charge in [-0.2, -0.15) is 0 Å². The van der Waals surface area contributed by atoms with E-state index in [1.54, 1.807) is 0 Å². The summed E-state index contributed by atoms with van der Waals surface area (Å²) in [6.45, 7) is 1.44. The number of hydrogen-bond acceptors (Lipinski definition) is 2. The molecule has 4 heteroatoms. The Balaban J connectivity index is 2.65. The molecule has 0 spiro atoms. The second kappa shape index (κ2) is 4.64. The van der Waals surface area contributed by atoms with Crippen LogP contribution in [0.25, 0.3) is 0 Å². The van der Waals surface area contributed by atoms with Gasteiger partial charge in [0.25, 0.3) is 0 Å². The quantitative estimate of drug-likeness (QED) is 0.695. The van der Waals surface area contributed by atoms with Gasteiger partial charge in [0, 0.05) is 0 Å². The number of rotatable bonds is 4. The van der Waals surface area contributed by atoms with Gasteiger partial charge in [0.15, 0.2) is 0 Å². The van der Waals surface area contributed by atoms with Crippen molar-refractivity contribution in [3.63, 3.8) is 0 Å². The van der Waals surface area contributed by atoms with Gasteiger partial charge in [-0.1, -0.05) is 32.1 Å². The van der Waals surface area contributed by atoms with Crippen LogP contribution in [0.5, 0.6) is 0 Å². The fourth-order valence-electron chi connectivity index (χ4n) is 2.26. The number of hydrogen-bond donors (Lipinski definition) is 2. The van der Waals surface area contributed by atoms with Gasteiger partial charge in [0.05, 0.1) is 0 Å². The minimum Gasteiger partial charge on any atom is -0.480 e. The van der Waals surface area contributed by atoms with Gasteiger partial charge >= 0.3 is 5.97 Å². The molecule has 3 N–H and O–H groups in total. The smallest absolute Gasteiger partial charge is 0.318 e. The van der Waals surface area contributed by atoms with Crippen LogP contribution in [0.1, 0.15) is 45.4 Å². The second-order valence-corrected chi connectivity index (χ2v) is 4.71. The van der Waals surface area contributed by atoms with Crippen molar-refractivity contribution in [2.75, 3.05) is 0 Å². The fraction of sp³-hybridized carbons (Fsp3) is 0.818. The van der Waals surface area contributed by atoms with Crippen molar-refractivity contribution < 1.29 is 14.7 Å². The van der Waals surface area contributed by atoms with Crippen LogP contribution >= 0.6 is 0 Å². The van der Waals surface area contributed by atoms with Crippen molar-refractivity contribution in [3.8, 4) is 0 Å². The number of carbonyl (C=O) groups is 2. The Morgan fingerprint density at radius 3 is 2.27 bits per heavy atom. The van der Waals surface area contributed by atoms with E-state index in [-0.39, 0.29) is 0 Å². The molecule has 1 rings (SSSR count). The monoisotopic (exact) mass is 213 g/mol. The molecule has 0 bridgehead atoms. The van der Waals surface area contributed by atoms with Crippen LogP contribution in [0.3, 0.4) is 0 Å². The van der Waals surface area contributed by atoms with E-state index in [1.165, 1.54) is 13.3 Å². The van der Waals surface area contributed by atoms with E-state index >= 15 is 0 Å². The molecular weight excluding hydrogens is 194 g/mol. The van der Waals surface area contributed by atoms with Crippen LogP contribution in [0.15, 0.2) is 0 Å². The summed E-state index contributed by atoms with van der Waals surface area (Å²) >= 11 is 0. The molecule has 1 unspecified atom stereocenters. The van der Waals surface area contributed by atoms with Crippen LogP contribution in [0, 0.1) is 11.3 Å². The van der Waals surface area contributed by atoms with Crippen molar-refractivity contribution in [1.29, 1.82) is 0 Å². The SMILES string of the molecule is CC(CC1CCCCC1)(C(N)=O)C(=O)O. The first-order valence-electron chi connectivity index (χ1n) is 5.50. The highest BCUT2D eigenvalue weighted by atomic mass is 16.4. The van der Waals surface area contributed by atoms with Crippen LogP contribution in [0.2, 0.25) is 0 Å². The molecule has 1 atom stereocenters. The standard InChI is InChI=1S/C11H19NO3/c1-11(9(12)13,10(14)15)7-8-5-3-2-4-6-8/h8H,2-7H2,1H3,(H2,12,13)(H,14,15). The van der Waals surface area contributed by atoms with E-state index in [4.69, 9.17) is 10.8 Å². The molecular formula is C11H19NO3. The maximum absolute atomic E-state index is 11.2. The summed E-state index contributed by atoms with van der Waals surface area (Å²) in [7, 11) is 0. The molecule has 4 nitrogen and oxygen atoms in total. The average molecular weight is 213 g/mol. The number of nitrogens with two attached hydrogens (primary N) is 1. The first-order valence-corrected chi connectivity index (χ1v) is 5.50. The molecule has 0 heterocycles. The molecule has 1 aliphatic rings. The summed E-state index contributed by atoms with van der Waals surface area (Å²) in [5.74, 6) is -1.48. The maximum Gasteiger partial charge on any atom is 0.318 e. The largest absolute Gasteiger partial charge is 0.480 e. The summed E-state index contributed by atoms with van der Waals surface area (Å²) in [5.41, 5.74) is 3.78. The van der Waals surface area contributed by atoms with Gasteiger partial charge in [-0.25, -0.2) is 0 Å². The number of aliphatic carboxylic acids is 1. The lowest BCUT2D eigenvalue weighted by molar-refractivity contribution is -0.154. The predicted octanol–water partition coefficient (Wildman–Crippen LogP) is 1.53. The Morgan fingerprint density at radius 2 is 1.87 bits per heavy atom. The molecule has 15 heavy (non-hydrogen) atoms. The van der Waals surface area contributed by atoms with Crippen molar-refractivity contribution in [2.24, 2.45) is 17.1 Å². The molecule has 1 amide bonds. The number of carbonyl (C=O) groups excluding carboxylic acids is 1. The normalized spacial score (nSPS) is 21.9. The van der Waals surface area contributed by atoms with Gasteiger partial charge in [-0.3, -0.25) is 9.59 Å². The third kappa shape index (κ3) is 2.70. The second-order valence-electron chi connectivity index (χ2n) is 4.71. The highest BCUT2D eigenvalue weighted by molar-refractivity contribution is 6.00. The lowest BCUT2D eigenvalue weighted by Crippen LogP contribution is -2.43. The molecule has 0 aromatic carbocycles. The highest BCUT2D eigenvalue weighted by Gasteiger charge is 2.41. The lowest BCUT2D eigenvalue weighted by Gasteiger charge is -2.29. The van der Waals surface area contributed by atoms with Crippen LogP contribution < -0.4 is 5.73 Å². The third-order valence-electron chi connectivity index (χ3n) is 3.44. The number of amides is 1. The Labute approximate surface area is 89.8 Å². The van der Waals surface area contributed by atoms with Crippen LogP contribution in [-0.2, 0) is 9.59 Å². The van der Waals surface area contributed by atoms with Crippen LogP contribution in [0.4, 0.5) is 0 Å². The Bertz CT molecular complexity index is 243. The van der Waals surface area contributed by atoms with Gasteiger partial charge in [0.2, 0.25) is 5.91 Å². The zero-order valence-electron chi connectivity index (χ0n) is 9.16. The predicted molar refractivity (Wildman–Crippen MR) is 56.1 cm³/mol. The van der Waals surface area contributed by atoms with Gasteiger partial charge in [-0.15, -0.1) is 0 Å². The minimum absolute atomic E-state index is 0.340. The number of carboxylic acid groups (broad SMARTS) is 1. The molecule has 1 fully saturated rings. The van der Waals surface area contributed by atoms with Crippen molar-refractivity contribution in [2.45, 2.75) is 45.4 Å². The van der Waals surface area contributed by atoms with Crippen molar-refractivity contribution >= 4 is 11.9 Å². The summed E-state index contributed by atoms with van der Waals surface area (Å²) in [5, 5.41) is 9.03. The van der Waals surface area contributed by atoms with E-state index in [9.17, 15) is 9.59 Å². The number of primary amides is 1. The molecule has 0 aromatic rings. The highest BCUT2D eigenvalue weighted by Crippen LogP contribution is 2.34. The van der Waals surface area contributed by atoms with Gasteiger partial charge in [0.1, 0.15) is 5.41 Å². The van der Waals surface area contributed by atoms with Gasteiger partial charge in [-0.05, 0) is 19.3 Å². The topological polar surface area (TPSA) is 80.4 Å². The third-order valence-corrected chi connectivity index (χ3v) is 3.44. The number of carboxylic acids is 1. The van der Waals surface area contributed by atoms with E-state index in [0.29, 0.717) is 12.3 Å². The molecule has 1 aliphatic carbocycles. The van der Waals surface area contributed by atoms with E-state index < -0.39 is 17.3 Å². The lowest BCUT2D eigenvalue weighted by atomic mass is 9.75. The Morgan fingerprint density at radius 1 is 1.33 bits per heavy atom. The van der Waals surface area contributed by atoms with E-state index in [1.807, 2.05) is 0 Å². The summed E-state index contributed by atoms with van der Waals surface area (Å²) in [6, 6.07) is 0. The minimum atomic E-state index is -1.39. The molecule has 0 aromatic heterocycles. The average Bonchev–Trinajstić information content (AvgIpc) is 2.18. The first-order chi connectivity index (χ1) is 6.97. The van der Waals surface area contributed by atoms with E-state index in [0.717, 1.165) is 25.7 Å². The van der Waals surface area contributed by atoms with Crippen molar-refractivity contribution in [1.82, 2.24) is 0 Å². The molecule has 0 radical (unpaired) electrons. The van der Waals surface area contributed by atoms with Gasteiger partial charge < -0.3 is 10.8 Å². The maximum atomic E-state index is 11.2. The van der Waals surface area contributed by atoms with Crippen molar-refractivity contribution in [3.05, 3.63) is 0 Å². The Hall–Kier alpha value is -1.06. The molecule has 0 aliphatic heterocycles. The van der Waals surface area contributed by atoms with E-state index in [2.05, 4.69) is 0 Å². The zero-order valence-corrected chi connectivity index (χ0v) is 9.16. The molecule has 1 saturated carbocycles. The first kappa shape index (κ1) is 12.0. The summed E-state index contributed by atoms with van der Waals surface area (Å²) in [6.07, 6.45) is 5.93.